The van der Waals surface area contributed by atoms with E-state index in [4.69, 9.17) is 4.98 Å². The van der Waals surface area contributed by atoms with Crippen LogP contribution in [0, 0.1) is 0 Å². The van der Waals surface area contributed by atoms with Gasteiger partial charge >= 0.3 is 0 Å². The number of aromatic nitrogens is 1. The fourth-order valence-corrected chi connectivity index (χ4v) is 8.55. The number of pyridine rings is 1. The second-order valence-corrected chi connectivity index (χ2v) is 21.6. The summed E-state index contributed by atoms with van der Waals surface area (Å²) in [6.45, 7) is 27.3. The minimum atomic E-state index is 0.0281. The summed E-state index contributed by atoms with van der Waals surface area (Å²) in [5.41, 5.74) is 16.2. The monoisotopic (exact) mass is 840 g/mol. The Hall–Kier alpha value is -6.45. The molecule has 0 bridgehead atoms. The van der Waals surface area contributed by atoms with Crippen molar-refractivity contribution in [2.24, 2.45) is 0 Å². The van der Waals surface area contributed by atoms with E-state index in [1.54, 1.807) is 0 Å². The number of rotatable bonds is 8. The molecule has 0 saturated carbocycles. The molecule has 0 atom stereocenters. The summed E-state index contributed by atoms with van der Waals surface area (Å²) in [5, 5.41) is 2.32. The number of hydrogen-bond donors (Lipinski definition) is 0. The van der Waals surface area contributed by atoms with E-state index in [-0.39, 0.29) is 21.7 Å². The second-order valence-electron chi connectivity index (χ2n) is 21.6. The molecule has 3 heteroatoms. The normalized spacial score (nSPS) is 12.4. The van der Waals surface area contributed by atoms with Gasteiger partial charge in [-0.3, -0.25) is 4.98 Å². The number of fused-ring (bicyclic) bond motifs is 1. The van der Waals surface area contributed by atoms with Crippen LogP contribution in [0.3, 0.4) is 0 Å². The molecule has 1 heterocycles. The second kappa shape index (κ2) is 16.9. The van der Waals surface area contributed by atoms with Crippen LogP contribution in [0.15, 0.2) is 176 Å². The SMILES string of the molecule is CC(C)(C)c1ccc(N(c2ccc(C(C)(C)C)cc2)c2cc(-c3cccc(-c4nccc5ccccc45)c3)cc(N(c3ccc(C(C)(C)C)cc3)c3ccc(C(C)(C)C)cc3)c2)cc1. The van der Waals surface area contributed by atoms with Gasteiger partial charge in [-0.1, -0.05) is 174 Å². The van der Waals surface area contributed by atoms with E-state index < -0.39 is 0 Å². The molecule has 7 aromatic carbocycles. The topological polar surface area (TPSA) is 19.4 Å². The summed E-state index contributed by atoms with van der Waals surface area (Å²) in [4.78, 5) is 9.79. The molecule has 0 aliphatic rings. The number of nitrogens with zero attached hydrogens (tertiary/aromatic N) is 3. The van der Waals surface area contributed by atoms with Crippen LogP contribution in [0.5, 0.6) is 0 Å². The van der Waals surface area contributed by atoms with E-state index in [2.05, 4.69) is 263 Å². The van der Waals surface area contributed by atoms with Crippen molar-refractivity contribution in [3.05, 3.63) is 198 Å². The molecule has 3 nitrogen and oxygen atoms in total. The highest BCUT2D eigenvalue weighted by Gasteiger charge is 2.24. The van der Waals surface area contributed by atoms with Crippen LogP contribution in [-0.2, 0) is 21.7 Å². The largest absolute Gasteiger partial charge is 0.310 e. The van der Waals surface area contributed by atoms with Gasteiger partial charge in [0.15, 0.2) is 0 Å². The highest BCUT2D eigenvalue weighted by molar-refractivity contribution is 5.95. The Morgan fingerprint density at radius 2 is 0.688 bits per heavy atom. The van der Waals surface area contributed by atoms with Crippen LogP contribution in [-0.4, -0.2) is 4.98 Å². The summed E-state index contributed by atoms with van der Waals surface area (Å²) >= 11 is 0. The Balaban J connectivity index is 1.40. The fraction of sp³-hybridized carbons (Fsp3) is 0.262. The van der Waals surface area contributed by atoms with Crippen LogP contribution < -0.4 is 9.80 Å². The molecule has 0 N–H and O–H groups in total. The molecule has 0 amide bonds. The van der Waals surface area contributed by atoms with Crippen molar-refractivity contribution in [3.8, 4) is 22.4 Å². The maximum Gasteiger partial charge on any atom is 0.0780 e. The van der Waals surface area contributed by atoms with E-state index >= 15 is 0 Å². The Labute approximate surface area is 383 Å². The number of benzene rings is 7. The first-order valence-corrected chi connectivity index (χ1v) is 22.9. The molecule has 8 aromatic rings. The van der Waals surface area contributed by atoms with Gasteiger partial charge in [-0.25, -0.2) is 0 Å². The fourth-order valence-electron chi connectivity index (χ4n) is 8.55. The van der Waals surface area contributed by atoms with Crippen LogP contribution in [0.1, 0.15) is 105 Å². The lowest BCUT2D eigenvalue weighted by molar-refractivity contribution is 0.590. The lowest BCUT2D eigenvalue weighted by Crippen LogP contribution is -2.16. The van der Waals surface area contributed by atoms with Gasteiger partial charge in [0.05, 0.1) is 5.69 Å². The number of anilines is 6. The van der Waals surface area contributed by atoms with Gasteiger partial charge in [0.25, 0.3) is 0 Å². The standard InChI is InChI=1S/C61H65N3/c1-58(2,3)46-20-28-50(29-21-46)63(51-30-22-47(23-31-51)59(4,5)6)54-39-45(43-17-15-18-44(38-43)57-56-19-14-13-16-42(56)36-37-62-57)40-55(41-54)64(52-32-24-48(25-33-52)60(7,8)9)53-34-26-49(27-35-53)61(10,11)12/h13-41H,1-12H3. The van der Waals surface area contributed by atoms with Gasteiger partial charge < -0.3 is 9.80 Å². The third-order valence-electron chi connectivity index (χ3n) is 12.5. The van der Waals surface area contributed by atoms with E-state index in [9.17, 15) is 0 Å². The van der Waals surface area contributed by atoms with Crippen molar-refractivity contribution in [3.63, 3.8) is 0 Å². The molecule has 324 valence electrons. The first-order chi connectivity index (χ1) is 30.2. The molecule has 0 spiro atoms. The van der Waals surface area contributed by atoms with Crippen LogP contribution in [0.4, 0.5) is 34.1 Å². The average Bonchev–Trinajstić information content (AvgIpc) is 3.26. The van der Waals surface area contributed by atoms with Crippen molar-refractivity contribution in [1.82, 2.24) is 4.98 Å². The van der Waals surface area contributed by atoms with E-state index in [0.29, 0.717) is 0 Å². The molecular weight excluding hydrogens is 775 g/mol. The molecular formula is C61H65N3. The van der Waals surface area contributed by atoms with Crippen molar-refractivity contribution in [1.29, 1.82) is 0 Å². The Kier molecular flexibility index (Phi) is 11.7. The summed E-state index contributed by atoms with van der Waals surface area (Å²) in [5.74, 6) is 0. The summed E-state index contributed by atoms with van der Waals surface area (Å²) in [6.07, 6.45) is 1.92. The molecule has 64 heavy (non-hydrogen) atoms. The Morgan fingerprint density at radius 3 is 1.08 bits per heavy atom. The molecule has 0 radical (unpaired) electrons. The molecule has 1 aromatic heterocycles. The maximum absolute atomic E-state index is 4.94. The summed E-state index contributed by atoms with van der Waals surface area (Å²) in [6, 6.07) is 63.2. The molecule has 0 fully saturated rings. The van der Waals surface area contributed by atoms with Crippen LogP contribution >= 0.6 is 0 Å². The minimum Gasteiger partial charge on any atom is -0.310 e. The molecule has 0 unspecified atom stereocenters. The predicted octanol–water partition coefficient (Wildman–Crippen LogP) is 17.7. The highest BCUT2D eigenvalue weighted by atomic mass is 15.2. The van der Waals surface area contributed by atoms with Gasteiger partial charge in [0.2, 0.25) is 0 Å². The molecule has 0 saturated heterocycles. The third-order valence-corrected chi connectivity index (χ3v) is 12.5. The smallest absolute Gasteiger partial charge is 0.0780 e. The lowest BCUT2D eigenvalue weighted by Gasteiger charge is -2.32. The highest BCUT2D eigenvalue weighted by Crippen LogP contribution is 2.45. The van der Waals surface area contributed by atoms with Crippen molar-refractivity contribution >= 4 is 44.9 Å². The first-order valence-electron chi connectivity index (χ1n) is 22.9. The third kappa shape index (κ3) is 9.41. The molecule has 8 rings (SSSR count). The summed E-state index contributed by atoms with van der Waals surface area (Å²) < 4.78 is 0. The van der Waals surface area contributed by atoms with E-state index in [1.807, 2.05) is 6.20 Å². The van der Waals surface area contributed by atoms with Crippen molar-refractivity contribution in [2.45, 2.75) is 105 Å². The lowest BCUT2D eigenvalue weighted by atomic mass is 9.86. The van der Waals surface area contributed by atoms with Crippen LogP contribution in [0.2, 0.25) is 0 Å². The van der Waals surface area contributed by atoms with Crippen molar-refractivity contribution in [2.75, 3.05) is 9.80 Å². The zero-order valence-corrected chi connectivity index (χ0v) is 40.1. The zero-order valence-electron chi connectivity index (χ0n) is 40.1. The minimum absolute atomic E-state index is 0.0281. The predicted molar refractivity (Wildman–Crippen MR) is 277 cm³/mol. The van der Waals surface area contributed by atoms with Crippen molar-refractivity contribution < 1.29 is 0 Å². The zero-order chi connectivity index (χ0) is 45.6. The van der Waals surface area contributed by atoms with Crippen LogP contribution in [0.25, 0.3) is 33.2 Å². The first kappa shape index (κ1) is 44.2. The van der Waals surface area contributed by atoms with E-state index in [1.165, 1.54) is 27.6 Å². The average molecular weight is 840 g/mol. The molecule has 0 aliphatic carbocycles. The van der Waals surface area contributed by atoms with Gasteiger partial charge in [-0.05, 0) is 139 Å². The van der Waals surface area contributed by atoms with Gasteiger partial charge in [-0.15, -0.1) is 0 Å². The van der Waals surface area contributed by atoms with Gasteiger partial charge in [0, 0.05) is 51.3 Å². The maximum atomic E-state index is 4.94. The van der Waals surface area contributed by atoms with Gasteiger partial charge in [-0.2, -0.15) is 0 Å². The Bertz CT molecular complexity index is 2620. The Morgan fingerprint density at radius 1 is 0.312 bits per heavy atom. The van der Waals surface area contributed by atoms with Gasteiger partial charge in [0.1, 0.15) is 0 Å². The summed E-state index contributed by atoms with van der Waals surface area (Å²) in [7, 11) is 0. The number of hydrogen-bond acceptors (Lipinski definition) is 3. The van der Waals surface area contributed by atoms with E-state index in [0.717, 1.165) is 61.9 Å². The quantitative estimate of drug-likeness (QED) is 0.152. The molecule has 0 aliphatic heterocycles.